The van der Waals surface area contributed by atoms with Crippen LogP contribution in [0.5, 0.6) is 0 Å². The number of aryl methyl sites for hydroxylation is 2. The third kappa shape index (κ3) is 6.24. The van der Waals surface area contributed by atoms with E-state index in [1.165, 1.54) is 11.1 Å². The third-order valence-corrected chi connectivity index (χ3v) is 5.81. The van der Waals surface area contributed by atoms with Crippen molar-refractivity contribution >= 4 is 29.2 Å². The Morgan fingerprint density at radius 1 is 1.15 bits per heavy atom. The molecule has 0 unspecified atom stereocenters. The van der Waals surface area contributed by atoms with E-state index in [0.29, 0.717) is 24.0 Å². The SMILES string of the molecule is CC[C@@H](Cc1ccc(Cl)c(CNCCC(=O)O)c1)c1cc(C)c(Cl)c(C)c1. The molecular formula is C22H27Cl2NO2. The summed E-state index contributed by atoms with van der Waals surface area (Å²) in [6.45, 7) is 7.30. The van der Waals surface area contributed by atoms with Crippen LogP contribution in [0.1, 0.15) is 53.5 Å². The third-order valence-electron chi connectivity index (χ3n) is 4.85. The summed E-state index contributed by atoms with van der Waals surface area (Å²) in [6.07, 6.45) is 2.07. The number of aliphatic carboxylic acids is 1. The molecule has 0 radical (unpaired) electrons. The highest BCUT2D eigenvalue weighted by Crippen LogP contribution is 2.31. The van der Waals surface area contributed by atoms with Gasteiger partial charge in [0.15, 0.2) is 0 Å². The summed E-state index contributed by atoms with van der Waals surface area (Å²) in [5, 5.41) is 13.4. The number of rotatable bonds is 9. The zero-order valence-corrected chi connectivity index (χ0v) is 17.6. The second-order valence-electron chi connectivity index (χ2n) is 7.02. The summed E-state index contributed by atoms with van der Waals surface area (Å²) in [5.41, 5.74) is 5.77. The molecule has 5 heteroatoms. The van der Waals surface area contributed by atoms with Crippen LogP contribution in [0.15, 0.2) is 30.3 Å². The highest BCUT2D eigenvalue weighted by molar-refractivity contribution is 6.32. The molecule has 0 aliphatic carbocycles. The fourth-order valence-corrected chi connectivity index (χ4v) is 3.60. The van der Waals surface area contributed by atoms with E-state index in [-0.39, 0.29) is 6.42 Å². The second kappa shape index (κ2) is 10.1. The first kappa shape index (κ1) is 21.7. The zero-order valence-electron chi connectivity index (χ0n) is 16.1. The van der Waals surface area contributed by atoms with Crippen molar-refractivity contribution in [1.29, 1.82) is 0 Å². The molecule has 0 saturated carbocycles. The number of hydrogen-bond donors (Lipinski definition) is 2. The lowest BCUT2D eigenvalue weighted by Gasteiger charge is -2.19. The lowest BCUT2D eigenvalue weighted by Crippen LogP contribution is -2.18. The maximum atomic E-state index is 10.6. The normalized spacial score (nSPS) is 12.2. The fraction of sp³-hybridized carbons (Fsp3) is 0.409. The second-order valence-corrected chi connectivity index (χ2v) is 7.81. The Hall–Kier alpha value is -1.55. The molecule has 0 spiro atoms. The minimum Gasteiger partial charge on any atom is -0.481 e. The van der Waals surface area contributed by atoms with Gasteiger partial charge in [-0.15, -0.1) is 0 Å². The molecule has 146 valence electrons. The van der Waals surface area contributed by atoms with E-state index in [2.05, 4.69) is 50.4 Å². The average molecular weight is 408 g/mol. The van der Waals surface area contributed by atoms with Crippen molar-refractivity contribution < 1.29 is 9.90 Å². The minimum atomic E-state index is -0.804. The van der Waals surface area contributed by atoms with Crippen LogP contribution in [0.25, 0.3) is 0 Å². The van der Waals surface area contributed by atoms with Crippen molar-refractivity contribution in [3.05, 3.63) is 68.2 Å². The van der Waals surface area contributed by atoms with Gasteiger partial charge in [0.25, 0.3) is 0 Å². The van der Waals surface area contributed by atoms with Crippen LogP contribution >= 0.6 is 23.2 Å². The molecule has 2 aromatic rings. The Kier molecular flexibility index (Phi) is 8.15. The molecule has 0 aromatic heterocycles. The predicted molar refractivity (Wildman–Crippen MR) is 113 cm³/mol. The predicted octanol–water partition coefficient (Wildman–Crippen LogP) is 5.91. The lowest BCUT2D eigenvalue weighted by molar-refractivity contribution is -0.136. The van der Waals surface area contributed by atoms with Crippen molar-refractivity contribution in [2.24, 2.45) is 0 Å². The Morgan fingerprint density at radius 2 is 1.81 bits per heavy atom. The molecule has 3 nitrogen and oxygen atoms in total. The van der Waals surface area contributed by atoms with E-state index < -0.39 is 5.97 Å². The van der Waals surface area contributed by atoms with Gasteiger partial charge in [0.05, 0.1) is 6.42 Å². The molecule has 1 atom stereocenters. The number of halogens is 2. The van der Waals surface area contributed by atoms with Crippen LogP contribution in [-0.4, -0.2) is 17.6 Å². The van der Waals surface area contributed by atoms with Crippen LogP contribution < -0.4 is 5.32 Å². The van der Waals surface area contributed by atoms with Gasteiger partial charge in [-0.2, -0.15) is 0 Å². The molecule has 0 aliphatic heterocycles. The van der Waals surface area contributed by atoms with Crippen LogP contribution in [0.4, 0.5) is 0 Å². The Bertz CT molecular complexity index is 782. The summed E-state index contributed by atoms with van der Waals surface area (Å²) in [7, 11) is 0. The van der Waals surface area contributed by atoms with Crippen LogP contribution in [0.3, 0.4) is 0 Å². The van der Waals surface area contributed by atoms with Gasteiger partial charge in [-0.3, -0.25) is 4.79 Å². The first-order valence-corrected chi connectivity index (χ1v) is 10.0. The summed E-state index contributed by atoms with van der Waals surface area (Å²) < 4.78 is 0. The van der Waals surface area contributed by atoms with Gasteiger partial charge in [0.1, 0.15) is 0 Å². The Labute approximate surface area is 171 Å². The van der Waals surface area contributed by atoms with Gasteiger partial charge in [0.2, 0.25) is 0 Å². The molecule has 0 saturated heterocycles. The van der Waals surface area contributed by atoms with Gasteiger partial charge < -0.3 is 10.4 Å². The van der Waals surface area contributed by atoms with Gasteiger partial charge in [-0.05, 0) is 66.5 Å². The number of nitrogens with one attached hydrogen (secondary N) is 1. The monoisotopic (exact) mass is 407 g/mol. The summed E-state index contributed by atoms with van der Waals surface area (Å²) in [6, 6.07) is 10.5. The van der Waals surface area contributed by atoms with Gasteiger partial charge in [0, 0.05) is 23.1 Å². The molecule has 0 amide bonds. The number of benzene rings is 2. The molecule has 2 N–H and O–H groups in total. The van der Waals surface area contributed by atoms with E-state index >= 15 is 0 Å². The molecule has 27 heavy (non-hydrogen) atoms. The average Bonchev–Trinajstić information content (AvgIpc) is 2.62. The van der Waals surface area contributed by atoms with Crippen LogP contribution in [0.2, 0.25) is 10.0 Å². The molecule has 0 aliphatic rings. The standard InChI is InChI=1S/C22H27Cl2NO2/c1-4-17(18-9-14(2)22(24)15(3)10-18)11-16-5-6-20(23)19(12-16)13-25-8-7-21(26)27/h5-6,9-10,12,17,25H,4,7-8,11,13H2,1-3H3,(H,26,27)/t17-/m0/s1. The number of carboxylic acid groups (broad SMARTS) is 1. The smallest absolute Gasteiger partial charge is 0.304 e. The maximum Gasteiger partial charge on any atom is 0.304 e. The molecule has 2 rings (SSSR count). The lowest BCUT2D eigenvalue weighted by atomic mass is 9.88. The van der Waals surface area contributed by atoms with Gasteiger partial charge >= 0.3 is 5.97 Å². The number of carbonyl (C=O) groups is 1. The minimum absolute atomic E-state index is 0.102. The Morgan fingerprint density at radius 3 is 2.41 bits per heavy atom. The molecule has 2 aromatic carbocycles. The van der Waals surface area contributed by atoms with Gasteiger partial charge in [-0.25, -0.2) is 0 Å². The highest BCUT2D eigenvalue weighted by Gasteiger charge is 2.14. The highest BCUT2D eigenvalue weighted by atomic mass is 35.5. The van der Waals surface area contributed by atoms with Crippen LogP contribution in [-0.2, 0) is 17.8 Å². The number of hydrogen-bond acceptors (Lipinski definition) is 2. The molecular weight excluding hydrogens is 381 g/mol. The zero-order chi connectivity index (χ0) is 20.0. The van der Waals surface area contributed by atoms with Crippen molar-refractivity contribution in [2.45, 2.75) is 52.5 Å². The molecule has 0 bridgehead atoms. The van der Waals surface area contributed by atoms with Crippen molar-refractivity contribution in [1.82, 2.24) is 5.32 Å². The summed E-state index contributed by atoms with van der Waals surface area (Å²) in [4.78, 5) is 10.6. The fourth-order valence-electron chi connectivity index (χ4n) is 3.31. The summed E-state index contributed by atoms with van der Waals surface area (Å²) in [5.74, 6) is -0.393. The van der Waals surface area contributed by atoms with E-state index in [1.54, 1.807) is 0 Å². The first-order valence-electron chi connectivity index (χ1n) is 9.28. The van der Waals surface area contributed by atoms with E-state index in [9.17, 15) is 4.79 Å². The van der Waals surface area contributed by atoms with E-state index in [0.717, 1.165) is 34.6 Å². The van der Waals surface area contributed by atoms with Gasteiger partial charge in [-0.1, -0.05) is 54.4 Å². The van der Waals surface area contributed by atoms with Crippen molar-refractivity contribution in [2.75, 3.05) is 6.54 Å². The summed E-state index contributed by atoms with van der Waals surface area (Å²) >= 11 is 12.6. The van der Waals surface area contributed by atoms with Crippen LogP contribution in [0, 0.1) is 13.8 Å². The topological polar surface area (TPSA) is 49.3 Å². The van der Waals surface area contributed by atoms with E-state index in [4.69, 9.17) is 28.3 Å². The quantitative estimate of drug-likeness (QED) is 0.507. The Balaban J connectivity index is 2.13. The maximum absolute atomic E-state index is 10.6. The largest absolute Gasteiger partial charge is 0.481 e. The van der Waals surface area contributed by atoms with E-state index in [1.807, 2.05) is 6.07 Å². The first-order chi connectivity index (χ1) is 12.8. The molecule has 0 fully saturated rings. The van der Waals surface area contributed by atoms with Crippen molar-refractivity contribution in [3.63, 3.8) is 0 Å². The van der Waals surface area contributed by atoms with Crippen molar-refractivity contribution in [3.8, 4) is 0 Å². The molecule has 0 heterocycles. The number of carboxylic acids is 1.